The van der Waals surface area contributed by atoms with Gasteiger partial charge in [0.1, 0.15) is 0 Å². The Labute approximate surface area is 84.6 Å². The van der Waals surface area contributed by atoms with E-state index in [0.717, 1.165) is 5.69 Å². The van der Waals surface area contributed by atoms with E-state index in [1.54, 1.807) is 0 Å². The number of benzene rings is 1. The number of aliphatic hydroxyl groups excluding tert-OH is 2. The number of likely N-dealkylation sites (N-methyl/N-ethyl adjacent to an activating group) is 1. The van der Waals surface area contributed by atoms with Crippen molar-refractivity contribution in [1.29, 1.82) is 0 Å². The fraction of sp³-hybridized carbons (Fsp3) is 0.455. The first-order valence-corrected chi connectivity index (χ1v) is 4.70. The first-order valence-electron chi connectivity index (χ1n) is 4.70. The molecule has 3 heteroatoms. The second-order valence-corrected chi connectivity index (χ2v) is 3.56. The molecule has 14 heavy (non-hydrogen) atoms. The van der Waals surface area contributed by atoms with Gasteiger partial charge in [-0.05, 0) is 24.6 Å². The third-order valence-corrected chi connectivity index (χ3v) is 2.14. The third-order valence-electron chi connectivity index (χ3n) is 2.14. The van der Waals surface area contributed by atoms with Crippen molar-refractivity contribution in [3.8, 4) is 0 Å². The van der Waals surface area contributed by atoms with Crippen LogP contribution in [0.4, 0.5) is 5.69 Å². The fourth-order valence-corrected chi connectivity index (χ4v) is 1.34. The Hall–Kier alpha value is -1.06. The summed E-state index contributed by atoms with van der Waals surface area (Å²) in [5, 5.41) is 18.0. The zero-order valence-electron chi connectivity index (χ0n) is 8.64. The zero-order chi connectivity index (χ0) is 10.6. The van der Waals surface area contributed by atoms with Gasteiger partial charge in [-0.3, -0.25) is 0 Å². The van der Waals surface area contributed by atoms with Gasteiger partial charge in [0, 0.05) is 19.3 Å². The maximum Gasteiger partial charge on any atom is 0.0945 e. The van der Waals surface area contributed by atoms with E-state index in [4.69, 9.17) is 5.11 Å². The second kappa shape index (κ2) is 4.98. The SMILES string of the molecule is Cc1cccc(N(C)CC(O)CO)c1. The van der Waals surface area contributed by atoms with Crippen molar-refractivity contribution >= 4 is 5.69 Å². The molecule has 1 aromatic rings. The Bertz CT molecular complexity index is 288. The minimum absolute atomic E-state index is 0.198. The topological polar surface area (TPSA) is 43.7 Å². The lowest BCUT2D eigenvalue weighted by Gasteiger charge is -2.21. The number of rotatable bonds is 4. The van der Waals surface area contributed by atoms with Crippen LogP contribution in [-0.2, 0) is 0 Å². The summed E-state index contributed by atoms with van der Waals surface area (Å²) in [6.07, 6.45) is -0.680. The molecule has 2 N–H and O–H groups in total. The van der Waals surface area contributed by atoms with Crippen molar-refractivity contribution in [1.82, 2.24) is 0 Å². The predicted molar refractivity (Wildman–Crippen MR) is 57.5 cm³/mol. The minimum atomic E-state index is -0.680. The molecule has 1 unspecified atom stereocenters. The number of hydrogen-bond donors (Lipinski definition) is 2. The smallest absolute Gasteiger partial charge is 0.0945 e. The van der Waals surface area contributed by atoms with Gasteiger partial charge in [-0.2, -0.15) is 0 Å². The molecule has 0 fully saturated rings. The minimum Gasteiger partial charge on any atom is -0.394 e. The monoisotopic (exact) mass is 195 g/mol. The maximum absolute atomic E-state index is 9.27. The molecule has 0 bridgehead atoms. The van der Waals surface area contributed by atoms with Gasteiger partial charge in [0.2, 0.25) is 0 Å². The Morgan fingerprint density at radius 3 is 2.71 bits per heavy atom. The van der Waals surface area contributed by atoms with E-state index < -0.39 is 6.10 Å². The molecule has 0 radical (unpaired) electrons. The predicted octanol–water partition coefficient (Wildman–Crippen LogP) is 0.784. The molecule has 0 aliphatic carbocycles. The molecule has 0 spiro atoms. The summed E-state index contributed by atoms with van der Waals surface area (Å²) in [6.45, 7) is 2.27. The van der Waals surface area contributed by atoms with Crippen LogP contribution in [-0.4, -0.2) is 36.5 Å². The van der Waals surface area contributed by atoms with Gasteiger partial charge in [-0.25, -0.2) is 0 Å². The van der Waals surface area contributed by atoms with Gasteiger partial charge in [0.05, 0.1) is 12.7 Å². The molecule has 0 aromatic heterocycles. The van der Waals surface area contributed by atoms with Gasteiger partial charge in [0.15, 0.2) is 0 Å². The van der Waals surface area contributed by atoms with Crippen molar-refractivity contribution < 1.29 is 10.2 Å². The Morgan fingerprint density at radius 2 is 2.14 bits per heavy atom. The number of hydrogen-bond acceptors (Lipinski definition) is 3. The first kappa shape index (κ1) is 11.0. The molecule has 1 rings (SSSR count). The summed E-state index contributed by atoms with van der Waals surface area (Å²) in [6, 6.07) is 8.04. The average Bonchev–Trinajstić information content (AvgIpc) is 2.17. The zero-order valence-corrected chi connectivity index (χ0v) is 8.64. The quantitative estimate of drug-likeness (QED) is 0.746. The van der Waals surface area contributed by atoms with Gasteiger partial charge in [0.25, 0.3) is 0 Å². The fourth-order valence-electron chi connectivity index (χ4n) is 1.34. The summed E-state index contributed by atoms with van der Waals surface area (Å²) in [5.74, 6) is 0. The standard InChI is InChI=1S/C11H17NO2/c1-9-4-3-5-10(6-9)12(2)7-11(14)8-13/h3-6,11,13-14H,7-8H2,1-2H3. The number of nitrogens with zero attached hydrogens (tertiary/aromatic N) is 1. The van der Waals surface area contributed by atoms with Crippen molar-refractivity contribution in [2.75, 3.05) is 25.1 Å². The second-order valence-electron chi connectivity index (χ2n) is 3.56. The maximum atomic E-state index is 9.27. The van der Waals surface area contributed by atoms with Crippen LogP contribution in [0, 0.1) is 6.92 Å². The molecule has 0 amide bonds. The summed E-state index contributed by atoms with van der Waals surface area (Å²) < 4.78 is 0. The summed E-state index contributed by atoms with van der Waals surface area (Å²) in [7, 11) is 1.90. The molecule has 0 saturated carbocycles. The Kier molecular flexibility index (Phi) is 3.92. The molecule has 1 atom stereocenters. The number of aryl methyl sites for hydroxylation is 1. The molecular weight excluding hydrogens is 178 g/mol. The van der Waals surface area contributed by atoms with E-state index in [0.29, 0.717) is 6.54 Å². The van der Waals surface area contributed by atoms with E-state index in [9.17, 15) is 5.11 Å². The largest absolute Gasteiger partial charge is 0.394 e. The Morgan fingerprint density at radius 1 is 1.43 bits per heavy atom. The molecular formula is C11H17NO2. The highest BCUT2D eigenvalue weighted by Gasteiger charge is 2.07. The van der Waals surface area contributed by atoms with E-state index in [2.05, 4.69) is 0 Å². The van der Waals surface area contributed by atoms with Crippen LogP contribution in [0.15, 0.2) is 24.3 Å². The summed E-state index contributed by atoms with van der Waals surface area (Å²) >= 11 is 0. The van der Waals surface area contributed by atoms with Crippen molar-refractivity contribution in [2.24, 2.45) is 0 Å². The molecule has 0 heterocycles. The lowest BCUT2D eigenvalue weighted by molar-refractivity contribution is 0.101. The normalized spacial score (nSPS) is 12.6. The Balaban J connectivity index is 2.64. The van der Waals surface area contributed by atoms with Crippen LogP contribution >= 0.6 is 0 Å². The van der Waals surface area contributed by atoms with Gasteiger partial charge >= 0.3 is 0 Å². The van der Waals surface area contributed by atoms with Gasteiger partial charge < -0.3 is 15.1 Å². The van der Waals surface area contributed by atoms with E-state index in [1.807, 2.05) is 43.1 Å². The van der Waals surface area contributed by atoms with Crippen molar-refractivity contribution in [3.05, 3.63) is 29.8 Å². The lowest BCUT2D eigenvalue weighted by atomic mass is 10.2. The van der Waals surface area contributed by atoms with E-state index in [-0.39, 0.29) is 6.61 Å². The third kappa shape index (κ3) is 3.01. The highest BCUT2D eigenvalue weighted by Crippen LogP contribution is 2.14. The van der Waals surface area contributed by atoms with Crippen LogP contribution in [0.3, 0.4) is 0 Å². The number of anilines is 1. The van der Waals surface area contributed by atoms with E-state index in [1.165, 1.54) is 5.56 Å². The first-order chi connectivity index (χ1) is 6.63. The van der Waals surface area contributed by atoms with Crippen LogP contribution < -0.4 is 4.90 Å². The molecule has 0 saturated heterocycles. The van der Waals surface area contributed by atoms with Crippen LogP contribution in [0.2, 0.25) is 0 Å². The van der Waals surface area contributed by atoms with Gasteiger partial charge in [-0.15, -0.1) is 0 Å². The molecule has 1 aromatic carbocycles. The highest BCUT2D eigenvalue weighted by atomic mass is 16.3. The van der Waals surface area contributed by atoms with Crippen LogP contribution in [0.1, 0.15) is 5.56 Å². The average molecular weight is 195 g/mol. The lowest BCUT2D eigenvalue weighted by Crippen LogP contribution is -2.31. The van der Waals surface area contributed by atoms with E-state index >= 15 is 0 Å². The summed E-state index contributed by atoms with van der Waals surface area (Å²) in [4.78, 5) is 1.92. The van der Waals surface area contributed by atoms with Crippen LogP contribution in [0.25, 0.3) is 0 Å². The van der Waals surface area contributed by atoms with Gasteiger partial charge in [-0.1, -0.05) is 12.1 Å². The summed E-state index contributed by atoms with van der Waals surface area (Å²) in [5.41, 5.74) is 2.24. The molecule has 0 aliphatic rings. The molecule has 0 aliphatic heterocycles. The van der Waals surface area contributed by atoms with Crippen molar-refractivity contribution in [2.45, 2.75) is 13.0 Å². The van der Waals surface area contributed by atoms with Crippen molar-refractivity contribution in [3.63, 3.8) is 0 Å². The van der Waals surface area contributed by atoms with Crippen LogP contribution in [0.5, 0.6) is 0 Å². The molecule has 3 nitrogen and oxygen atoms in total. The number of aliphatic hydroxyl groups is 2. The highest BCUT2D eigenvalue weighted by molar-refractivity contribution is 5.47. The molecule has 78 valence electrons.